The number of aromatic nitrogens is 2. The minimum absolute atomic E-state index is 0.0722. The summed E-state index contributed by atoms with van der Waals surface area (Å²) in [5, 5.41) is 10.8. The molecule has 0 fully saturated rings. The molecule has 2 N–H and O–H groups in total. The molecule has 18 heavy (non-hydrogen) atoms. The smallest absolute Gasteiger partial charge is 0.0725 e. The maximum atomic E-state index is 4.36. The Kier molecular flexibility index (Phi) is 3.41. The van der Waals surface area contributed by atoms with Crippen molar-refractivity contribution in [1.29, 1.82) is 0 Å². The molecule has 2 rings (SSSR count). The van der Waals surface area contributed by atoms with Crippen LogP contribution in [0.4, 0.5) is 5.69 Å². The van der Waals surface area contributed by atoms with Crippen LogP contribution in [0.5, 0.6) is 0 Å². The summed E-state index contributed by atoms with van der Waals surface area (Å²) in [5.41, 5.74) is 4.87. The lowest BCUT2D eigenvalue weighted by Gasteiger charge is -2.18. The third kappa shape index (κ3) is 2.73. The Balaban J connectivity index is 2.12. The molecule has 3 heteroatoms. The van der Waals surface area contributed by atoms with E-state index in [1.54, 1.807) is 0 Å². The molecule has 1 aromatic heterocycles. The maximum absolute atomic E-state index is 4.36. The van der Waals surface area contributed by atoms with Crippen LogP contribution in [-0.2, 0) is 12.0 Å². The predicted octanol–water partition coefficient (Wildman–Crippen LogP) is 3.63. The van der Waals surface area contributed by atoms with Gasteiger partial charge < -0.3 is 5.32 Å². The molecule has 0 aliphatic rings. The van der Waals surface area contributed by atoms with Crippen molar-refractivity contribution in [2.75, 3.05) is 5.32 Å². The zero-order valence-electron chi connectivity index (χ0n) is 11.5. The topological polar surface area (TPSA) is 40.7 Å². The summed E-state index contributed by atoms with van der Waals surface area (Å²) >= 11 is 0. The lowest BCUT2D eigenvalue weighted by Crippen LogP contribution is -2.15. The Bertz CT molecular complexity index is 521. The number of hydrogen-bond acceptors (Lipinski definition) is 2. The third-order valence-electron chi connectivity index (χ3n) is 3.04. The van der Waals surface area contributed by atoms with E-state index in [-0.39, 0.29) is 5.41 Å². The van der Waals surface area contributed by atoms with Crippen molar-refractivity contribution < 1.29 is 0 Å². The van der Waals surface area contributed by atoms with E-state index < -0.39 is 0 Å². The molecule has 2 aromatic rings. The Morgan fingerprint density at radius 3 is 2.61 bits per heavy atom. The zero-order valence-corrected chi connectivity index (χ0v) is 11.5. The molecule has 3 nitrogen and oxygen atoms in total. The second kappa shape index (κ2) is 4.84. The summed E-state index contributed by atoms with van der Waals surface area (Å²) in [6.07, 6.45) is 1.98. The molecule has 0 amide bonds. The molecular formula is C15H21N3. The van der Waals surface area contributed by atoms with Gasteiger partial charge in [-0.25, -0.2) is 0 Å². The van der Waals surface area contributed by atoms with E-state index in [0.717, 1.165) is 12.2 Å². The van der Waals surface area contributed by atoms with E-state index in [0.29, 0.717) is 0 Å². The second-order valence-corrected chi connectivity index (χ2v) is 5.68. The molecule has 0 radical (unpaired) electrons. The fourth-order valence-corrected chi connectivity index (χ4v) is 2.06. The summed E-state index contributed by atoms with van der Waals surface area (Å²) < 4.78 is 0. The van der Waals surface area contributed by atoms with E-state index in [1.165, 1.54) is 16.8 Å². The number of benzene rings is 1. The van der Waals surface area contributed by atoms with Gasteiger partial charge in [-0.2, -0.15) is 5.10 Å². The van der Waals surface area contributed by atoms with E-state index in [9.17, 15) is 0 Å². The highest BCUT2D eigenvalue weighted by Crippen LogP contribution is 2.24. The van der Waals surface area contributed by atoms with Crippen molar-refractivity contribution in [2.45, 2.75) is 39.7 Å². The first-order valence-electron chi connectivity index (χ1n) is 6.31. The molecule has 96 valence electrons. The average Bonchev–Trinajstić information content (AvgIpc) is 2.76. The lowest BCUT2D eigenvalue weighted by molar-refractivity contribution is 0.561. The van der Waals surface area contributed by atoms with E-state index in [4.69, 9.17) is 0 Å². The number of aromatic amines is 1. The van der Waals surface area contributed by atoms with Crippen molar-refractivity contribution >= 4 is 5.69 Å². The molecule has 0 aliphatic heterocycles. The monoisotopic (exact) mass is 243 g/mol. The standard InChI is InChI=1S/C15H21N3/c1-11-7-5-6-8-13(11)16-9-12-10-17-18-14(12)15(2,3)4/h5-8,10,16H,9H2,1-4H3,(H,17,18). The van der Waals surface area contributed by atoms with Gasteiger partial charge in [0, 0.05) is 29.4 Å². The van der Waals surface area contributed by atoms with Crippen LogP contribution in [0, 0.1) is 6.92 Å². The minimum Gasteiger partial charge on any atom is -0.381 e. The quantitative estimate of drug-likeness (QED) is 0.864. The highest BCUT2D eigenvalue weighted by molar-refractivity contribution is 5.50. The molecule has 1 heterocycles. The van der Waals surface area contributed by atoms with Crippen molar-refractivity contribution in [3.05, 3.63) is 47.3 Å². The normalized spacial score (nSPS) is 11.6. The van der Waals surface area contributed by atoms with Crippen molar-refractivity contribution in [3.63, 3.8) is 0 Å². The highest BCUT2D eigenvalue weighted by Gasteiger charge is 2.20. The Morgan fingerprint density at radius 2 is 1.94 bits per heavy atom. The van der Waals surface area contributed by atoms with Crippen LogP contribution in [0.3, 0.4) is 0 Å². The summed E-state index contributed by atoms with van der Waals surface area (Å²) in [4.78, 5) is 0. The van der Waals surface area contributed by atoms with E-state index >= 15 is 0 Å². The van der Waals surface area contributed by atoms with Crippen LogP contribution in [0.1, 0.15) is 37.6 Å². The minimum atomic E-state index is 0.0722. The first kappa shape index (κ1) is 12.7. The number of H-pyrrole nitrogens is 1. The molecule has 1 aromatic carbocycles. The summed E-state index contributed by atoms with van der Waals surface area (Å²) in [7, 11) is 0. The van der Waals surface area contributed by atoms with Gasteiger partial charge in [-0.05, 0) is 18.6 Å². The SMILES string of the molecule is Cc1ccccc1NCc1c[nH]nc1C(C)(C)C. The number of nitrogens with one attached hydrogen (secondary N) is 2. The van der Waals surface area contributed by atoms with Gasteiger partial charge in [-0.15, -0.1) is 0 Å². The largest absolute Gasteiger partial charge is 0.381 e. The van der Waals surface area contributed by atoms with Crippen LogP contribution in [0.2, 0.25) is 0 Å². The number of aryl methyl sites for hydroxylation is 1. The summed E-state index contributed by atoms with van der Waals surface area (Å²) in [6.45, 7) is 9.46. The number of anilines is 1. The molecule has 0 saturated carbocycles. The molecule has 0 atom stereocenters. The van der Waals surface area contributed by atoms with E-state index in [2.05, 4.69) is 67.5 Å². The van der Waals surface area contributed by atoms with Gasteiger partial charge in [0.1, 0.15) is 0 Å². The number of para-hydroxylation sites is 1. The molecule has 0 saturated heterocycles. The second-order valence-electron chi connectivity index (χ2n) is 5.68. The van der Waals surface area contributed by atoms with Crippen LogP contribution < -0.4 is 5.32 Å². The average molecular weight is 243 g/mol. The van der Waals surface area contributed by atoms with Crippen LogP contribution >= 0.6 is 0 Å². The molecule has 0 aliphatic carbocycles. The van der Waals surface area contributed by atoms with Gasteiger partial charge in [0.05, 0.1) is 5.69 Å². The Labute approximate surface area is 109 Å². The fourth-order valence-electron chi connectivity index (χ4n) is 2.06. The van der Waals surface area contributed by atoms with Gasteiger partial charge in [0.25, 0.3) is 0 Å². The molecule has 0 bridgehead atoms. The first-order chi connectivity index (χ1) is 8.48. The van der Waals surface area contributed by atoms with Crippen molar-refractivity contribution in [2.24, 2.45) is 0 Å². The maximum Gasteiger partial charge on any atom is 0.0725 e. The van der Waals surface area contributed by atoms with Crippen LogP contribution in [0.25, 0.3) is 0 Å². The van der Waals surface area contributed by atoms with Gasteiger partial charge >= 0.3 is 0 Å². The van der Waals surface area contributed by atoms with Gasteiger partial charge in [-0.1, -0.05) is 39.0 Å². The number of nitrogens with zero attached hydrogens (tertiary/aromatic N) is 1. The number of rotatable bonds is 3. The summed E-state index contributed by atoms with van der Waals surface area (Å²) in [6, 6.07) is 8.32. The summed E-state index contributed by atoms with van der Waals surface area (Å²) in [5.74, 6) is 0. The zero-order chi connectivity index (χ0) is 13.2. The van der Waals surface area contributed by atoms with Gasteiger partial charge in [0.15, 0.2) is 0 Å². The van der Waals surface area contributed by atoms with Crippen LogP contribution in [0.15, 0.2) is 30.5 Å². The van der Waals surface area contributed by atoms with E-state index in [1.807, 2.05) is 6.20 Å². The van der Waals surface area contributed by atoms with Crippen molar-refractivity contribution in [3.8, 4) is 0 Å². The predicted molar refractivity (Wildman–Crippen MR) is 75.8 cm³/mol. The van der Waals surface area contributed by atoms with Crippen molar-refractivity contribution in [1.82, 2.24) is 10.2 Å². The van der Waals surface area contributed by atoms with Crippen LogP contribution in [-0.4, -0.2) is 10.2 Å². The molecule has 0 spiro atoms. The lowest BCUT2D eigenvalue weighted by atomic mass is 9.89. The Morgan fingerprint density at radius 1 is 1.22 bits per heavy atom. The van der Waals surface area contributed by atoms with Gasteiger partial charge in [-0.3, -0.25) is 5.10 Å². The molecular weight excluding hydrogens is 222 g/mol. The Hall–Kier alpha value is -1.77. The molecule has 0 unspecified atom stereocenters. The van der Waals surface area contributed by atoms with Gasteiger partial charge in [0.2, 0.25) is 0 Å². The fraction of sp³-hybridized carbons (Fsp3) is 0.400. The highest BCUT2D eigenvalue weighted by atomic mass is 15.1. The number of hydrogen-bond donors (Lipinski definition) is 2. The first-order valence-corrected chi connectivity index (χ1v) is 6.31. The third-order valence-corrected chi connectivity index (χ3v) is 3.04.